The molecule has 1 atom stereocenters. The number of ether oxygens (including phenoxy) is 2. The predicted molar refractivity (Wildman–Crippen MR) is 106 cm³/mol. The van der Waals surface area contributed by atoms with Crippen LogP contribution >= 0.6 is 0 Å². The number of methoxy groups -OCH3 is 1. The van der Waals surface area contributed by atoms with Crippen LogP contribution in [0.2, 0.25) is 0 Å². The summed E-state index contributed by atoms with van der Waals surface area (Å²) < 4.78 is 14.0. The molecule has 1 unspecified atom stereocenters. The quantitative estimate of drug-likeness (QED) is 0.700. The normalized spacial score (nSPS) is 21.8. The lowest BCUT2D eigenvalue weighted by molar-refractivity contribution is -0.0821. The maximum absolute atomic E-state index is 6.34. The van der Waals surface area contributed by atoms with E-state index in [1.54, 1.807) is 7.11 Å². The average molecular weight is 376 g/mol. The number of nitrogens with zero attached hydrogens (tertiary/aromatic N) is 4. The number of rotatable bonds is 4. The van der Waals surface area contributed by atoms with E-state index < -0.39 is 0 Å². The highest BCUT2D eigenvalue weighted by Gasteiger charge is 2.43. The summed E-state index contributed by atoms with van der Waals surface area (Å²) in [6.07, 6.45) is 4.84. The van der Waals surface area contributed by atoms with E-state index in [2.05, 4.69) is 37.6 Å². The smallest absolute Gasteiger partial charge is 0.135 e. The molecule has 1 saturated heterocycles. The van der Waals surface area contributed by atoms with Gasteiger partial charge in [0, 0.05) is 31.4 Å². The summed E-state index contributed by atoms with van der Waals surface area (Å²) >= 11 is 0. The molecule has 0 bridgehead atoms. The fraction of sp³-hybridized carbons (Fsp3) is 0.364. The second kappa shape index (κ2) is 7.04. The van der Waals surface area contributed by atoms with E-state index >= 15 is 0 Å². The van der Waals surface area contributed by atoms with Crippen LogP contribution in [0.4, 0.5) is 0 Å². The first kappa shape index (κ1) is 17.4. The van der Waals surface area contributed by atoms with Crippen molar-refractivity contribution in [2.45, 2.75) is 31.7 Å². The van der Waals surface area contributed by atoms with E-state index in [1.165, 1.54) is 0 Å². The summed E-state index contributed by atoms with van der Waals surface area (Å²) in [5.74, 6) is 1.86. The van der Waals surface area contributed by atoms with Crippen LogP contribution in [0.3, 0.4) is 0 Å². The first-order chi connectivity index (χ1) is 13.7. The molecule has 0 aliphatic carbocycles. The molecular weight excluding hydrogens is 352 g/mol. The van der Waals surface area contributed by atoms with E-state index in [9.17, 15) is 0 Å². The Labute approximate surface area is 164 Å². The third kappa shape index (κ3) is 3.19. The molecule has 2 aliphatic heterocycles. The first-order valence-corrected chi connectivity index (χ1v) is 9.70. The minimum atomic E-state index is -0.149. The molecule has 1 aromatic carbocycles. The van der Waals surface area contributed by atoms with Crippen molar-refractivity contribution in [3.05, 3.63) is 66.4 Å². The van der Waals surface area contributed by atoms with Crippen LogP contribution in [0.25, 0.3) is 11.3 Å². The molecule has 1 fully saturated rings. The molecule has 0 radical (unpaired) electrons. The van der Waals surface area contributed by atoms with Crippen molar-refractivity contribution in [3.8, 4) is 17.0 Å². The van der Waals surface area contributed by atoms with Gasteiger partial charge in [0.15, 0.2) is 0 Å². The average Bonchev–Trinajstić information content (AvgIpc) is 3.33. The Morgan fingerprint density at radius 3 is 2.79 bits per heavy atom. The highest BCUT2D eigenvalue weighted by molar-refractivity contribution is 5.60. The van der Waals surface area contributed by atoms with Gasteiger partial charge in [0.1, 0.15) is 23.8 Å². The lowest BCUT2D eigenvalue weighted by Gasteiger charge is -2.35. The van der Waals surface area contributed by atoms with Crippen LogP contribution in [0.1, 0.15) is 17.9 Å². The molecule has 2 aromatic heterocycles. The van der Waals surface area contributed by atoms with E-state index in [0.717, 1.165) is 61.1 Å². The van der Waals surface area contributed by atoms with E-state index in [1.807, 2.05) is 36.7 Å². The van der Waals surface area contributed by atoms with Gasteiger partial charge < -0.3 is 14.0 Å². The van der Waals surface area contributed by atoms with Gasteiger partial charge in [-0.3, -0.25) is 9.88 Å². The molecule has 5 rings (SSSR count). The largest absolute Gasteiger partial charge is 0.497 e. The Hall–Kier alpha value is -2.70. The fourth-order valence-corrected chi connectivity index (χ4v) is 4.28. The van der Waals surface area contributed by atoms with Crippen LogP contribution in [-0.4, -0.2) is 45.2 Å². The summed E-state index contributed by atoms with van der Waals surface area (Å²) in [6.45, 7) is 4.21. The van der Waals surface area contributed by atoms with Gasteiger partial charge in [0.2, 0.25) is 0 Å². The van der Waals surface area contributed by atoms with Gasteiger partial charge >= 0.3 is 0 Å². The molecule has 144 valence electrons. The Bertz CT molecular complexity index is 954. The molecule has 0 saturated carbocycles. The zero-order valence-corrected chi connectivity index (χ0v) is 16.0. The van der Waals surface area contributed by atoms with Gasteiger partial charge in [0.05, 0.1) is 31.2 Å². The second-order valence-electron chi connectivity index (χ2n) is 7.63. The van der Waals surface area contributed by atoms with Crippen molar-refractivity contribution in [1.82, 2.24) is 19.4 Å². The molecule has 1 spiro atoms. The standard InChI is InChI=1S/C22H24N4O2/c1-27-19-7-5-17(6-8-19)20-12-24-21-14-28-22(16-26(20)21)9-11-25(15-22)13-18-4-2-3-10-23-18/h2-8,10,12H,9,11,13-16H2,1H3. The van der Waals surface area contributed by atoms with Gasteiger partial charge in [-0.1, -0.05) is 6.07 Å². The Morgan fingerprint density at radius 1 is 1.11 bits per heavy atom. The van der Waals surface area contributed by atoms with Gasteiger partial charge in [0.25, 0.3) is 0 Å². The maximum atomic E-state index is 6.34. The summed E-state index contributed by atoms with van der Waals surface area (Å²) in [4.78, 5) is 11.5. The van der Waals surface area contributed by atoms with Crippen molar-refractivity contribution in [2.24, 2.45) is 0 Å². The van der Waals surface area contributed by atoms with Gasteiger partial charge in [-0.2, -0.15) is 0 Å². The summed E-state index contributed by atoms with van der Waals surface area (Å²) in [5.41, 5.74) is 3.25. The van der Waals surface area contributed by atoms with Crippen LogP contribution in [0.5, 0.6) is 5.75 Å². The predicted octanol–water partition coefficient (Wildman–Crippen LogP) is 3.13. The number of imidazole rings is 1. The van der Waals surface area contributed by atoms with Gasteiger partial charge in [-0.25, -0.2) is 4.98 Å². The van der Waals surface area contributed by atoms with Crippen LogP contribution in [-0.2, 0) is 24.4 Å². The van der Waals surface area contributed by atoms with Crippen molar-refractivity contribution >= 4 is 0 Å². The Morgan fingerprint density at radius 2 is 2.00 bits per heavy atom. The molecule has 2 aliphatic rings. The highest BCUT2D eigenvalue weighted by Crippen LogP contribution is 2.35. The van der Waals surface area contributed by atoms with E-state index in [0.29, 0.717) is 6.61 Å². The zero-order chi connectivity index (χ0) is 19.0. The minimum Gasteiger partial charge on any atom is -0.497 e. The molecule has 28 heavy (non-hydrogen) atoms. The number of hydrogen-bond donors (Lipinski definition) is 0. The molecular formula is C22H24N4O2. The molecule has 0 N–H and O–H groups in total. The van der Waals surface area contributed by atoms with Gasteiger partial charge in [-0.15, -0.1) is 0 Å². The number of benzene rings is 1. The summed E-state index contributed by atoms with van der Waals surface area (Å²) in [5, 5.41) is 0. The second-order valence-corrected chi connectivity index (χ2v) is 7.63. The number of pyridine rings is 1. The van der Waals surface area contributed by atoms with Crippen LogP contribution < -0.4 is 4.74 Å². The fourth-order valence-electron chi connectivity index (χ4n) is 4.28. The first-order valence-electron chi connectivity index (χ1n) is 9.70. The van der Waals surface area contributed by atoms with E-state index in [4.69, 9.17) is 9.47 Å². The maximum Gasteiger partial charge on any atom is 0.135 e. The molecule has 3 aromatic rings. The molecule has 0 amide bonds. The van der Waals surface area contributed by atoms with Crippen molar-refractivity contribution in [1.29, 1.82) is 0 Å². The lowest BCUT2D eigenvalue weighted by Crippen LogP contribution is -2.44. The Balaban J connectivity index is 1.35. The number of likely N-dealkylation sites (tertiary alicyclic amines) is 1. The Kier molecular flexibility index (Phi) is 4.37. The number of fused-ring (bicyclic) bond motifs is 1. The number of aromatic nitrogens is 3. The monoisotopic (exact) mass is 376 g/mol. The third-order valence-electron chi connectivity index (χ3n) is 5.78. The zero-order valence-electron chi connectivity index (χ0n) is 16.0. The van der Waals surface area contributed by atoms with Crippen molar-refractivity contribution < 1.29 is 9.47 Å². The SMILES string of the molecule is COc1ccc(-c2cnc3n2CC2(CCN(Cc4ccccn4)C2)OC3)cc1. The highest BCUT2D eigenvalue weighted by atomic mass is 16.5. The minimum absolute atomic E-state index is 0.149. The van der Waals surface area contributed by atoms with E-state index in [-0.39, 0.29) is 5.60 Å². The summed E-state index contributed by atoms with van der Waals surface area (Å²) in [7, 11) is 1.69. The molecule has 6 heteroatoms. The molecule has 6 nitrogen and oxygen atoms in total. The third-order valence-corrected chi connectivity index (χ3v) is 5.78. The van der Waals surface area contributed by atoms with Crippen LogP contribution in [0.15, 0.2) is 54.9 Å². The van der Waals surface area contributed by atoms with Gasteiger partial charge in [-0.05, 0) is 42.8 Å². The lowest BCUT2D eigenvalue weighted by atomic mass is 10.0. The topological polar surface area (TPSA) is 52.4 Å². The van der Waals surface area contributed by atoms with Crippen molar-refractivity contribution in [2.75, 3.05) is 20.2 Å². The number of hydrogen-bond acceptors (Lipinski definition) is 5. The summed E-state index contributed by atoms with van der Waals surface area (Å²) in [6, 6.07) is 14.3. The molecule has 4 heterocycles. The van der Waals surface area contributed by atoms with Crippen LogP contribution in [0, 0.1) is 0 Å². The van der Waals surface area contributed by atoms with Crippen molar-refractivity contribution in [3.63, 3.8) is 0 Å².